The second-order valence-electron chi connectivity index (χ2n) is 27.7. The third-order valence-corrected chi connectivity index (χ3v) is 18.7. The molecular weight excluding hydrogens is 1090 g/mol. The summed E-state index contributed by atoms with van der Waals surface area (Å²) in [5.74, 6) is -0.190. The maximum atomic E-state index is 13.1. The number of unbranched alkanes of at least 4 members (excludes halogenated alkanes) is 53. The van der Waals surface area contributed by atoms with Crippen molar-refractivity contribution in [2.45, 2.75) is 405 Å². The average Bonchev–Trinajstić information content (AvgIpc) is 3.70. The third-order valence-electron chi connectivity index (χ3n) is 17.8. The molecule has 1 amide bonds. The van der Waals surface area contributed by atoms with Crippen LogP contribution in [0.25, 0.3) is 0 Å². The molecule has 0 aromatic carbocycles. The molecule has 0 spiro atoms. The quantitative estimate of drug-likeness (QED) is 0.0272. The fourth-order valence-corrected chi connectivity index (χ4v) is 12.5. The highest BCUT2D eigenvalue weighted by Crippen LogP contribution is 2.38. The lowest BCUT2D eigenvalue weighted by Crippen LogP contribution is -2.45. The van der Waals surface area contributed by atoms with Crippen LogP contribution in [0.4, 0.5) is 0 Å². The Kier molecular flexibility index (Phi) is 67.6. The lowest BCUT2D eigenvalue weighted by Gasteiger charge is -2.29. The minimum Gasteiger partial charge on any atom is -0.756 e. The van der Waals surface area contributed by atoms with E-state index in [1.165, 1.54) is 321 Å². The molecule has 9 heteroatoms. The molecule has 0 rings (SSSR count). The fourth-order valence-electron chi connectivity index (χ4n) is 11.8. The molecule has 0 aromatic rings. The highest BCUT2D eigenvalue weighted by molar-refractivity contribution is 7.45. The van der Waals surface area contributed by atoms with Crippen molar-refractivity contribution in [2.75, 3.05) is 40.9 Å². The Balaban J connectivity index is 3.98. The van der Waals surface area contributed by atoms with Gasteiger partial charge in [-0.3, -0.25) is 9.36 Å². The number of nitrogens with one attached hydrogen (secondary N) is 1. The Hall–Kier alpha value is -1.54. The van der Waals surface area contributed by atoms with E-state index in [-0.39, 0.29) is 19.1 Å². The molecule has 0 heterocycles. The summed E-state index contributed by atoms with van der Waals surface area (Å²) in [6, 6.07) is -0.888. The van der Waals surface area contributed by atoms with Crippen LogP contribution in [-0.4, -0.2) is 68.5 Å². The van der Waals surface area contributed by atoms with Crippen LogP contribution in [0, 0.1) is 0 Å². The van der Waals surface area contributed by atoms with Crippen molar-refractivity contribution < 1.29 is 32.9 Å². The van der Waals surface area contributed by atoms with Gasteiger partial charge in [0.2, 0.25) is 5.91 Å². The monoisotopic (exact) mass is 1240 g/mol. The zero-order valence-electron chi connectivity index (χ0n) is 59.0. The van der Waals surface area contributed by atoms with Gasteiger partial charge in [0.1, 0.15) is 13.2 Å². The van der Waals surface area contributed by atoms with Crippen molar-refractivity contribution in [3.63, 3.8) is 0 Å². The molecule has 0 saturated heterocycles. The summed E-state index contributed by atoms with van der Waals surface area (Å²) in [6.07, 6.45) is 94.0. The number of quaternary nitrogens is 1. The zero-order valence-corrected chi connectivity index (χ0v) is 59.9. The number of aliphatic hydroxyl groups excluding tert-OH is 1. The highest BCUT2D eigenvalue weighted by atomic mass is 31.2. The molecule has 3 atom stereocenters. The summed E-state index contributed by atoms with van der Waals surface area (Å²) < 4.78 is 23.5. The van der Waals surface area contributed by atoms with Gasteiger partial charge >= 0.3 is 0 Å². The van der Waals surface area contributed by atoms with Gasteiger partial charge in [0.05, 0.1) is 39.9 Å². The minimum atomic E-state index is -4.61. The predicted octanol–water partition coefficient (Wildman–Crippen LogP) is 24.3. The van der Waals surface area contributed by atoms with E-state index in [9.17, 15) is 19.4 Å². The number of nitrogens with zero attached hydrogens (tertiary/aromatic N) is 1. The van der Waals surface area contributed by atoms with Crippen molar-refractivity contribution >= 4 is 13.7 Å². The van der Waals surface area contributed by atoms with Gasteiger partial charge < -0.3 is 28.8 Å². The van der Waals surface area contributed by atoms with Gasteiger partial charge in [-0.25, -0.2) is 0 Å². The molecule has 0 aliphatic rings. The summed E-state index contributed by atoms with van der Waals surface area (Å²) >= 11 is 0. The van der Waals surface area contributed by atoms with E-state index >= 15 is 0 Å². The standard InChI is InChI=1S/C78H151N2O6P/c1-6-8-10-12-14-16-18-20-22-24-26-28-30-32-34-36-38-39-40-41-42-44-46-48-50-52-54-56-58-60-62-64-66-68-70-72-78(82)79-76(75-86-87(83,84)85-74-73-80(3,4)5)77(81)71-69-67-65-63-61-59-57-55-53-51-49-47-45-43-37-35-33-31-29-27-25-23-21-19-17-15-13-11-9-7-2/h18,20,24,26,30,32,69,71,76-77,81H,6-17,19,21-23,25,27-29,31,33-68,70,72-75H2,1-5H3,(H-,79,82,83,84)/b20-18-,26-24-,32-30-,71-69+. The largest absolute Gasteiger partial charge is 0.756 e. The molecule has 2 N–H and O–H groups in total. The van der Waals surface area contributed by atoms with E-state index in [2.05, 4.69) is 55.6 Å². The Bertz CT molecular complexity index is 1560. The van der Waals surface area contributed by atoms with E-state index in [1.807, 2.05) is 27.2 Å². The SMILES string of the molecule is CCCCCCC/C=C\C/C=C\C/C=C\CCCCCCCCCCCCCCCCCCCCCCC(=O)NC(COP(=O)([O-])OCC[N+](C)(C)C)C(O)/C=C/CCCCCCCCCCCCCCCCCCCCCCCCCCCCCC. The Morgan fingerprint density at radius 1 is 0.402 bits per heavy atom. The molecule has 0 fully saturated rings. The van der Waals surface area contributed by atoms with Gasteiger partial charge in [-0.15, -0.1) is 0 Å². The number of likely N-dealkylation sites (N-methyl/N-ethyl adjacent to an activating group) is 1. The second kappa shape index (κ2) is 68.8. The third kappa shape index (κ3) is 71.8. The first-order chi connectivity index (χ1) is 42.5. The molecule has 8 nitrogen and oxygen atoms in total. The smallest absolute Gasteiger partial charge is 0.268 e. The van der Waals surface area contributed by atoms with E-state index in [1.54, 1.807) is 6.08 Å². The van der Waals surface area contributed by atoms with Crippen molar-refractivity contribution in [1.82, 2.24) is 5.32 Å². The summed E-state index contributed by atoms with van der Waals surface area (Å²) in [5, 5.41) is 14.0. The summed E-state index contributed by atoms with van der Waals surface area (Å²) in [4.78, 5) is 25.7. The number of allylic oxidation sites excluding steroid dienone is 7. The summed E-state index contributed by atoms with van der Waals surface area (Å²) in [6.45, 7) is 4.70. The highest BCUT2D eigenvalue weighted by Gasteiger charge is 2.23. The molecule has 514 valence electrons. The van der Waals surface area contributed by atoms with Crippen LogP contribution in [0.15, 0.2) is 48.6 Å². The predicted molar refractivity (Wildman–Crippen MR) is 381 cm³/mol. The van der Waals surface area contributed by atoms with Crippen LogP contribution in [-0.2, 0) is 18.4 Å². The average molecular weight is 1240 g/mol. The first-order valence-corrected chi connectivity index (χ1v) is 40.0. The topological polar surface area (TPSA) is 108 Å². The van der Waals surface area contributed by atoms with Crippen molar-refractivity contribution in [3.05, 3.63) is 48.6 Å². The van der Waals surface area contributed by atoms with Crippen LogP contribution in [0.2, 0.25) is 0 Å². The number of aliphatic hydroxyl groups is 1. The van der Waals surface area contributed by atoms with Crippen molar-refractivity contribution in [1.29, 1.82) is 0 Å². The zero-order chi connectivity index (χ0) is 63.4. The number of phosphoric acid groups is 1. The maximum Gasteiger partial charge on any atom is 0.268 e. The fraction of sp³-hybridized carbons (Fsp3) is 0.885. The first kappa shape index (κ1) is 85.5. The van der Waals surface area contributed by atoms with Gasteiger partial charge in [-0.1, -0.05) is 377 Å². The Morgan fingerprint density at radius 2 is 0.667 bits per heavy atom. The number of hydrogen-bond donors (Lipinski definition) is 2. The molecule has 0 bridgehead atoms. The number of hydrogen-bond acceptors (Lipinski definition) is 6. The molecule has 0 saturated carbocycles. The Labute approximate surface area is 543 Å². The lowest BCUT2D eigenvalue weighted by atomic mass is 10.0. The van der Waals surface area contributed by atoms with Crippen LogP contribution >= 0.6 is 7.82 Å². The van der Waals surface area contributed by atoms with Gasteiger partial charge in [0, 0.05) is 6.42 Å². The lowest BCUT2D eigenvalue weighted by molar-refractivity contribution is -0.870. The maximum absolute atomic E-state index is 13.1. The summed E-state index contributed by atoms with van der Waals surface area (Å²) in [7, 11) is 1.28. The number of amides is 1. The van der Waals surface area contributed by atoms with Gasteiger partial charge in [0.25, 0.3) is 7.82 Å². The molecule has 0 aromatic heterocycles. The minimum absolute atomic E-state index is 0.000594. The van der Waals surface area contributed by atoms with E-state index in [4.69, 9.17) is 9.05 Å². The van der Waals surface area contributed by atoms with Gasteiger partial charge in [-0.05, 0) is 57.8 Å². The normalized spacial score (nSPS) is 13.8. The van der Waals surface area contributed by atoms with Gasteiger partial charge in [0.15, 0.2) is 0 Å². The summed E-state index contributed by atoms with van der Waals surface area (Å²) in [5.41, 5.74) is 0. The van der Waals surface area contributed by atoms with Gasteiger partial charge in [-0.2, -0.15) is 0 Å². The molecule has 87 heavy (non-hydrogen) atoms. The number of carbonyl (C=O) groups excluding carboxylic acids is 1. The molecule has 3 unspecified atom stereocenters. The second-order valence-corrected chi connectivity index (χ2v) is 29.1. The number of rotatable bonds is 72. The Morgan fingerprint density at radius 3 is 0.966 bits per heavy atom. The molecule has 0 aliphatic heterocycles. The van der Waals surface area contributed by atoms with Crippen LogP contribution in [0.1, 0.15) is 393 Å². The van der Waals surface area contributed by atoms with E-state index in [0.717, 1.165) is 51.4 Å². The van der Waals surface area contributed by atoms with Crippen LogP contribution in [0.5, 0.6) is 0 Å². The van der Waals surface area contributed by atoms with E-state index in [0.29, 0.717) is 17.4 Å². The van der Waals surface area contributed by atoms with Crippen LogP contribution in [0.3, 0.4) is 0 Å². The van der Waals surface area contributed by atoms with Crippen LogP contribution < -0.4 is 10.2 Å². The molecule has 0 radical (unpaired) electrons. The van der Waals surface area contributed by atoms with Crippen molar-refractivity contribution in [2.24, 2.45) is 0 Å². The van der Waals surface area contributed by atoms with Crippen molar-refractivity contribution in [3.8, 4) is 0 Å². The van der Waals surface area contributed by atoms with E-state index < -0.39 is 20.0 Å². The first-order valence-electron chi connectivity index (χ1n) is 38.5. The molecule has 0 aliphatic carbocycles. The number of carbonyl (C=O) groups is 1. The number of phosphoric ester groups is 1. The molecular formula is C78H151N2O6P.